The Labute approximate surface area is 193 Å². The third kappa shape index (κ3) is 4.96. The van der Waals surface area contributed by atoms with Crippen molar-refractivity contribution in [2.75, 3.05) is 13.7 Å². The van der Waals surface area contributed by atoms with Gasteiger partial charge < -0.3 is 9.47 Å². The number of benzene rings is 2. The van der Waals surface area contributed by atoms with Gasteiger partial charge >= 0.3 is 5.69 Å². The second kappa shape index (κ2) is 10.4. The number of methoxy groups -OCH3 is 1. The van der Waals surface area contributed by atoms with Crippen LogP contribution in [0, 0.1) is 10.1 Å². The van der Waals surface area contributed by atoms with Crippen molar-refractivity contribution in [3.05, 3.63) is 66.7 Å². The number of aromatic nitrogens is 2. The fourth-order valence-electron chi connectivity index (χ4n) is 3.22. The fourth-order valence-corrected chi connectivity index (χ4v) is 3.58. The van der Waals surface area contributed by atoms with Crippen molar-refractivity contribution in [1.29, 1.82) is 0 Å². The molecule has 0 saturated heterocycles. The van der Waals surface area contributed by atoms with E-state index in [9.17, 15) is 14.9 Å². The smallest absolute Gasteiger partial charge is 0.315 e. The van der Waals surface area contributed by atoms with Crippen LogP contribution in [0.2, 0.25) is 0 Å². The molecule has 3 rings (SSSR count). The summed E-state index contributed by atoms with van der Waals surface area (Å²) in [5, 5.41) is 16.3. The van der Waals surface area contributed by atoms with E-state index in [2.05, 4.69) is 32.9 Å². The maximum atomic E-state index is 13.2. The van der Waals surface area contributed by atoms with Crippen molar-refractivity contribution in [2.24, 2.45) is 5.10 Å². The summed E-state index contributed by atoms with van der Waals surface area (Å²) in [4.78, 5) is 28.8. The Morgan fingerprint density at radius 1 is 1.28 bits per heavy atom. The first-order valence-electron chi connectivity index (χ1n) is 10.1. The zero-order chi connectivity index (χ0) is 23.3. The summed E-state index contributed by atoms with van der Waals surface area (Å²) in [6.45, 7) is 4.12. The highest BCUT2D eigenvalue weighted by Gasteiger charge is 2.21. The Bertz CT molecular complexity index is 1240. The van der Waals surface area contributed by atoms with Crippen LogP contribution in [-0.4, -0.2) is 34.5 Å². The van der Waals surface area contributed by atoms with Crippen LogP contribution < -0.4 is 15.0 Å². The SMILES string of the molecule is CCCCc1nc2ccc(Br)cc2c(=O)n1N=Cc1cc(OCC)c(OC)c([N+](=O)[O-])c1. The van der Waals surface area contributed by atoms with E-state index in [0.717, 1.165) is 17.3 Å². The van der Waals surface area contributed by atoms with E-state index >= 15 is 0 Å². The molecule has 3 aromatic rings. The average molecular weight is 503 g/mol. The molecule has 9 nitrogen and oxygen atoms in total. The molecule has 0 spiro atoms. The van der Waals surface area contributed by atoms with Gasteiger partial charge in [0.25, 0.3) is 5.56 Å². The van der Waals surface area contributed by atoms with Crippen LogP contribution in [0.25, 0.3) is 10.9 Å². The van der Waals surface area contributed by atoms with Gasteiger partial charge in [-0.1, -0.05) is 29.3 Å². The largest absolute Gasteiger partial charge is 0.490 e. The standard InChI is InChI=1S/C22H23BrN4O5/c1-4-6-7-20-25-17-9-8-15(23)12-16(17)22(28)26(20)24-13-14-10-18(27(29)30)21(31-3)19(11-14)32-5-2/h8-13H,4-7H2,1-3H3. The number of halogens is 1. The van der Waals surface area contributed by atoms with Crippen LogP contribution in [0.1, 0.15) is 38.1 Å². The van der Waals surface area contributed by atoms with E-state index in [-0.39, 0.29) is 22.7 Å². The number of nitrogens with zero attached hydrogens (tertiary/aromatic N) is 4. The highest BCUT2D eigenvalue weighted by atomic mass is 79.9. The second-order valence-electron chi connectivity index (χ2n) is 6.92. The molecule has 1 heterocycles. The molecule has 0 aliphatic carbocycles. The molecule has 0 bridgehead atoms. The molecule has 32 heavy (non-hydrogen) atoms. The van der Waals surface area contributed by atoms with E-state index in [1.807, 2.05) is 6.07 Å². The molecule has 0 radical (unpaired) electrons. The molecular formula is C22H23BrN4O5. The molecule has 0 unspecified atom stereocenters. The Kier molecular flexibility index (Phi) is 7.57. The van der Waals surface area contributed by atoms with E-state index < -0.39 is 4.92 Å². The van der Waals surface area contributed by atoms with Crippen molar-refractivity contribution in [3.8, 4) is 11.5 Å². The molecule has 10 heteroatoms. The Morgan fingerprint density at radius 3 is 2.72 bits per heavy atom. The van der Waals surface area contributed by atoms with Crippen molar-refractivity contribution in [3.63, 3.8) is 0 Å². The number of aryl methyl sites for hydroxylation is 1. The van der Waals surface area contributed by atoms with E-state index in [1.165, 1.54) is 24.1 Å². The maximum Gasteiger partial charge on any atom is 0.315 e. The number of unbranched alkanes of at least 4 members (excludes halogenated alkanes) is 1. The molecule has 0 N–H and O–H groups in total. The number of hydrogen-bond acceptors (Lipinski definition) is 7. The van der Waals surface area contributed by atoms with Crippen LogP contribution >= 0.6 is 15.9 Å². The lowest BCUT2D eigenvalue weighted by Gasteiger charge is -2.11. The Balaban J connectivity index is 2.15. The molecule has 0 aliphatic heterocycles. The minimum Gasteiger partial charge on any atom is -0.490 e. The highest BCUT2D eigenvalue weighted by molar-refractivity contribution is 9.10. The van der Waals surface area contributed by atoms with Gasteiger partial charge in [0.05, 0.1) is 35.8 Å². The molecule has 168 valence electrons. The van der Waals surface area contributed by atoms with Gasteiger partial charge in [-0.15, -0.1) is 0 Å². The van der Waals surface area contributed by atoms with Crippen molar-refractivity contribution >= 4 is 38.7 Å². The summed E-state index contributed by atoms with van der Waals surface area (Å²) < 4.78 is 12.7. The monoisotopic (exact) mass is 502 g/mol. The van der Waals surface area contributed by atoms with Gasteiger partial charge in [0.15, 0.2) is 5.75 Å². The third-order valence-corrected chi connectivity index (χ3v) is 5.20. The minimum atomic E-state index is -0.549. The maximum absolute atomic E-state index is 13.2. The molecule has 0 amide bonds. The van der Waals surface area contributed by atoms with Crippen molar-refractivity contribution in [2.45, 2.75) is 33.1 Å². The second-order valence-corrected chi connectivity index (χ2v) is 7.83. The highest BCUT2D eigenvalue weighted by Crippen LogP contribution is 2.37. The van der Waals surface area contributed by atoms with E-state index in [0.29, 0.717) is 35.3 Å². The first-order valence-corrected chi connectivity index (χ1v) is 10.9. The van der Waals surface area contributed by atoms with Gasteiger partial charge in [0.2, 0.25) is 5.75 Å². The number of rotatable bonds is 9. The minimum absolute atomic E-state index is 0.0343. The number of ether oxygens (including phenoxy) is 2. The Morgan fingerprint density at radius 2 is 2.06 bits per heavy atom. The summed E-state index contributed by atoms with van der Waals surface area (Å²) in [6.07, 6.45) is 3.73. The fraction of sp³-hybridized carbons (Fsp3) is 0.318. The predicted molar refractivity (Wildman–Crippen MR) is 126 cm³/mol. The van der Waals surface area contributed by atoms with E-state index in [1.54, 1.807) is 25.1 Å². The lowest BCUT2D eigenvalue weighted by Crippen LogP contribution is -2.22. The van der Waals surface area contributed by atoms with Gasteiger partial charge in [-0.3, -0.25) is 14.9 Å². The van der Waals surface area contributed by atoms with Crippen molar-refractivity contribution in [1.82, 2.24) is 9.66 Å². The lowest BCUT2D eigenvalue weighted by molar-refractivity contribution is -0.385. The summed E-state index contributed by atoms with van der Waals surface area (Å²) in [7, 11) is 1.34. The summed E-state index contributed by atoms with van der Waals surface area (Å²) in [6, 6.07) is 8.22. The number of fused-ring (bicyclic) bond motifs is 1. The average Bonchev–Trinajstić information content (AvgIpc) is 2.77. The Hall–Kier alpha value is -3.27. The van der Waals surface area contributed by atoms with Crippen LogP contribution in [-0.2, 0) is 6.42 Å². The molecule has 1 aromatic heterocycles. The number of nitro benzene ring substituents is 1. The topological polar surface area (TPSA) is 109 Å². The van der Waals surface area contributed by atoms with Gasteiger partial charge in [-0.25, -0.2) is 4.98 Å². The van der Waals surface area contributed by atoms with Crippen LogP contribution in [0.15, 0.2) is 44.7 Å². The first kappa shape index (κ1) is 23.4. The lowest BCUT2D eigenvalue weighted by atomic mass is 10.2. The quantitative estimate of drug-likeness (QED) is 0.238. The predicted octanol–water partition coefficient (Wildman–Crippen LogP) is 4.70. The van der Waals surface area contributed by atoms with Crippen molar-refractivity contribution < 1.29 is 14.4 Å². The molecule has 2 aromatic carbocycles. The van der Waals surface area contributed by atoms with E-state index in [4.69, 9.17) is 9.47 Å². The molecule has 0 aliphatic rings. The van der Waals surface area contributed by atoms with Crippen LogP contribution in [0.5, 0.6) is 11.5 Å². The van der Waals surface area contributed by atoms with Gasteiger partial charge in [0, 0.05) is 22.5 Å². The molecule has 0 saturated carbocycles. The zero-order valence-electron chi connectivity index (χ0n) is 18.0. The van der Waals surface area contributed by atoms with Crippen LogP contribution in [0.3, 0.4) is 0 Å². The van der Waals surface area contributed by atoms with Gasteiger partial charge in [-0.05, 0) is 37.6 Å². The first-order chi connectivity index (χ1) is 15.4. The summed E-state index contributed by atoms with van der Waals surface area (Å²) in [5.74, 6) is 0.785. The van der Waals surface area contributed by atoms with Gasteiger partial charge in [0.1, 0.15) is 5.82 Å². The third-order valence-electron chi connectivity index (χ3n) is 4.71. The molecular weight excluding hydrogens is 480 g/mol. The zero-order valence-corrected chi connectivity index (χ0v) is 19.6. The number of nitro groups is 1. The normalized spacial score (nSPS) is 11.2. The van der Waals surface area contributed by atoms with Crippen LogP contribution in [0.4, 0.5) is 5.69 Å². The van der Waals surface area contributed by atoms with Gasteiger partial charge in [-0.2, -0.15) is 9.78 Å². The number of hydrogen-bond donors (Lipinski definition) is 0. The molecule has 0 atom stereocenters. The summed E-state index contributed by atoms with van der Waals surface area (Å²) >= 11 is 3.38. The summed E-state index contributed by atoms with van der Waals surface area (Å²) in [5.41, 5.74) is 0.420. The molecule has 0 fully saturated rings.